The van der Waals surface area contributed by atoms with E-state index in [-0.39, 0.29) is 18.1 Å². The lowest BCUT2D eigenvalue weighted by Gasteiger charge is -2.28. The minimum Gasteiger partial charge on any atom is -0.486 e. The van der Waals surface area contributed by atoms with Crippen LogP contribution in [0.5, 0.6) is 5.75 Å². The molecule has 128 valence electrons. The number of hydrogen-bond acceptors (Lipinski definition) is 5. The Labute approximate surface area is 145 Å². The predicted molar refractivity (Wildman–Crippen MR) is 93.2 cm³/mol. The minimum absolute atomic E-state index is 0.0305. The van der Waals surface area contributed by atoms with Gasteiger partial charge in [0.1, 0.15) is 18.0 Å². The first-order valence-electron chi connectivity index (χ1n) is 8.10. The van der Waals surface area contributed by atoms with Crippen molar-refractivity contribution in [2.75, 3.05) is 7.05 Å². The Morgan fingerprint density at radius 2 is 2.25 bits per heavy atom. The smallest absolute Gasteiger partial charge is 0.227 e. The van der Waals surface area contributed by atoms with Gasteiger partial charge in [-0.15, -0.1) is 11.3 Å². The van der Waals surface area contributed by atoms with E-state index in [2.05, 4.69) is 4.98 Å². The number of aliphatic hydroxyl groups excluding tert-OH is 1. The Bertz CT molecular complexity index is 689. The topological polar surface area (TPSA) is 62.7 Å². The molecular weight excluding hydrogens is 324 g/mol. The summed E-state index contributed by atoms with van der Waals surface area (Å²) in [6.07, 6.45) is 4.15. The van der Waals surface area contributed by atoms with Crippen LogP contribution in [0.3, 0.4) is 0 Å². The van der Waals surface area contributed by atoms with Crippen LogP contribution in [-0.4, -0.2) is 46.2 Å². The zero-order valence-corrected chi connectivity index (χ0v) is 14.7. The number of carbonyl (C=O) groups excluding carboxylic acids is 1. The largest absolute Gasteiger partial charge is 0.486 e. The second-order valence-electron chi connectivity index (χ2n) is 6.17. The number of carbonyl (C=O) groups is 1. The quantitative estimate of drug-likeness (QED) is 0.903. The molecule has 1 aliphatic rings. The minimum atomic E-state index is -0.691. The molecule has 24 heavy (non-hydrogen) atoms. The third-order valence-corrected chi connectivity index (χ3v) is 5.46. The number of aliphatic hydroxyl groups is 1. The molecule has 1 aliphatic carbocycles. The lowest BCUT2D eigenvalue weighted by Crippen LogP contribution is -2.45. The molecule has 0 aromatic carbocycles. The highest BCUT2D eigenvalue weighted by molar-refractivity contribution is 7.12. The number of hydrogen-bond donors (Lipinski definition) is 1. The Morgan fingerprint density at radius 1 is 1.42 bits per heavy atom. The lowest BCUT2D eigenvalue weighted by atomic mass is 10.1. The number of aromatic nitrogens is 1. The highest BCUT2D eigenvalue weighted by Crippen LogP contribution is 2.28. The number of pyridine rings is 1. The number of rotatable bonds is 5. The average Bonchev–Trinajstić information content (AvgIpc) is 3.14. The van der Waals surface area contributed by atoms with Gasteiger partial charge in [-0.05, 0) is 44.0 Å². The van der Waals surface area contributed by atoms with Crippen LogP contribution >= 0.6 is 11.3 Å². The van der Waals surface area contributed by atoms with Gasteiger partial charge in [0, 0.05) is 23.0 Å². The Balaban J connectivity index is 1.59. The van der Waals surface area contributed by atoms with E-state index in [0.29, 0.717) is 12.2 Å². The van der Waals surface area contributed by atoms with Gasteiger partial charge in [-0.2, -0.15) is 0 Å². The van der Waals surface area contributed by atoms with Crippen LogP contribution in [0.4, 0.5) is 0 Å². The van der Waals surface area contributed by atoms with Gasteiger partial charge in [0.15, 0.2) is 0 Å². The molecule has 0 bridgehead atoms. The van der Waals surface area contributed by atoms with Crippen molar-refractivity contribution >= 4 is 17.2 Å². The standard InChI is InChI=1S/C18H22N2O3S/c1-12-5-6-14(24-12)10-17(21)20(2)15-7-8-16(18(15)22)23-13-4-3-9-19-11-13/h3-6,9,11,15-16,18,22H,7-8,10H2,1-2H3/t15-,16-,18-/m1/s1. The van der Waals surface area contributed by atoms with Crippen molar-refractivity contribution in [2.24, 2.45) is 0 Å². The van der Waals surface area contributed by atoms with Crippen LogP contribution in [0, 0.1) is 6.92 Å². The summed E-state index contributed by atoms with van der Waals surface area (Å²) in [7, 11) is 1.77. The lowest BCUT2D eigenvalue weighted by molar-refractivity contribution is -0.133. The molecule has 0 saturated heterocycles. The van der Waals surface area contributed by atoms with E-state index in [1.165, 1.54) is 4.88 Å². The van der Waals surface area contributed by atoms with Gasteiger partial charge in [-0.3, -0.25) is 9.78 Å². The summed E-state index contributed by atoms with van der Waals surface area (Å²) in [5.74, 6) is 0.674. The van der Waals surface area contributed by atoms with Crippen LogP contribution in [0.15, 0.2) is 36.7 Å². The van der Waals surface area contributed by atoms with Gasteiger partial charge in [-0.25, -0.2) is 0 Å². The zero-order valence-electron chi connectivity index (χ0n) is 13.9. The van der Waals surface area contributed by atoms with Crippen molar-refractivity contribution in [3.63, 3.8) is 0 Å². The second kappa shape index (κ2) is 7.32. The van der Waals surface area contributed by atoms with E-state index >= 15 is 0 Å². The number of likely N-dealkylation sites (N-methyl/N-ethyl adjacent to an activating group) is 1. The van der Waals surface area contributed by atoms with Crippen molar-refractivity contribution in [3.05, 3.63) is 46.4 Å². The van der Waals surface area contributed by atoms with Gasteiger partial charge in [-0.1, -0.05) is 0 Å². The Kier molecular flexibility index (Phi) is 5.16. The summed E-state index contributed by atoms with van der Waals surface area (Å²) in [6, 6.07) is 7.43. The maximum absolute atomic E-state index is 12.5. The molecule has 1 amide bonds. The fourth-order valence-electron chi connectivity index (χ4n) is 3.11. The highest BCUT2D eigenvalue weighted by atomic mass is 32.1. The maximum atomic E-state index is 12.5. The summed E-state index contributed by atoms with van der Waals surface area (Å²) in [6.45, 7) is 2.03. The first kappa shape index (κ1) is 16.9. The molecule has 3 rings (SSSR count). The van der Waals surface area contributed by atoms with Gasteiger partial charge >= 0.3 is 0 Å². The first-order valence-corrected chi connectivity index (χ1v) is 8.92. The van der Waals surface area contributed by atoms with Gasteiger partial charge < -0.3 is 14.7 Å². The van der Waals surface area contributed by atoms with Crippen LogP contribution in [-0.2, 0) is 11.2 Å². The van der Waals surface area contributed by atoms with Crippen molar-refractivity contribution in [1.29, 1.82) is 0 Å². The van der Waals surface area contributed by atoms with Crippen LogP contribution in [0.25, 0.3) is 0 Å². The molecule has 6 heteroatoms. The molecule has 2 heterocycles. The summed E-state index contributed by atoms with van der Waals surface area (Å²) >= 11 is 1.64. The number of aryl methyl sites for hydroxylation is 1. The number of ether oxygens (including phenoxy) is 1. The molecule has 0 aliphatic heterocycles. The third kappa shape index (κ3) is 3.76. The van der Waals surface area contributed by atoms with E-state index < -0.39 is 6.10 Å². The molecule has 1 fully saturated rings. The Morgan fingerprint density at radius 3 is 2.92 bits per heavy atom. The highest BCUT2D eigenvalue weighted by Gasteiger charge is 2.40. The molecule has 1 N–H and O–H groups in total. The van der Waals surface area contributed by atoms with E-state index in [0.717, 1.165) is 17.7 Å². The van der Waals surface area contributed by atoms with Crippen LogP contribution < -0.4 is 4.74 Å². The fraction of sp³-hybridized carbons (Fsp3) is 0.444. The van der Waals surface area contributed by atoms with Gasteiger partial charge in [0.05, 0.1) is 18.7 Å². The second-order valence-corrected chi connectivity index (χ2v) is 7.55. The van der Waals surface area contributed by atoms with Crippen molar-refractivity contribution in [3.8, 4) is 5.75 Å². The van der Waals surface area contributed by atoms with E-state index in [4.69, 9.17) is 4.74 Å². The van der Waals surface area contributed by atoms with E-state index in [1.54, 1.807) is 41.7 Å². The summed E-state index contributed by atoms with van der Waals surface area (Å²) in [4.78, 5) is 20.4. The van der Waals surface area contributed by atoms with E-state index in [9.17, 15) is 9.90 Å². The molecule has 2 aromatic heterocycles. The summed E-state index contributed by atoms with van der Waals surface area (Å²) in [5.41, 5.74) is 0. The molecule has 0 radical (unpaired) electrons. The maximum Gasteiger partial charge on any atom is 0.227 e. The molecule has 0 spiro atoms. The normalized spacial score (nSPS) is 23.2. The molecule has 5 nitrogen and oxygen atoms in total. The van der Waals surface area contributed by atoms with Crippen molar-refractivity contribution in [2.45, 2.75) is 44.4 Å². The predicted octanol–water partition coefficient (Wildman–Crippen LogP) is 2.42. The summed E-state index contributed by atoms with van der Waals surface area (Å²) < 4.78 is 5.82. The number of amides is 1. The van der Waals surface area contributed by atoms with Gasteiger partial charge in [0.25, 0.3) is 0 Å². The molecule has 1 saturated carbocycles. The van der Waals surface area contributed by atoms with Crippen LogP contribution in [0.2, 0.25) is 0 Å². The average molecular weight is 346 g/mol. The molecule has 2 aromatic rings. The molecular formula is C18H22N2O3S. The number of nitrogens with zero attached hydrogens (tertiary/aromatic N) is 2. The van der Waals surface area contributed by atoms with Crippen molar-refractivity contribution < 1.29 is 14.6 Å². The van der Waals surface area contributed by atoms with Crippen molar-refractivity contribution in [1.82, 2.24) is 9.88 Å². The zero-order chi connectivity index (χ0) is 17.1. The first-order chi connectivity index (χ1) is 11.5. The SMILES string of the molecule is Cc1ccc(CC(=O)N(C)[C@@H]2CC[C@@H](Oc3cccnc3)[C@@H]2O)s1. The van der Waals surface area contributed by atoms with Gasteiger partial charge in [0.2, 0.25) is 5.91 Å². The number of thiophene rings is 1. The third-order valence-electron chi connectivity index (χ3n) is 4.46. The Hall–Kier alpha value is -1.92. The molecule has 3 atom stereocenters. The molecule has 0 unspecified atom stereocenters. The summed E-state index contributed by atoms with van der Waals surface area (Å²) in [5, 5.41) is 10.6. The fourth-order valence-corrected chi connectivity index (χ4v) is 3.99. The van der Waals surface area contributed by atoms with Crippen LogP contribution in [0.1, 0.15) is 22.6 Å². The monoisotopic (exact) mass is 346 g/mol. The van der Waals surface area contributed by atoms with E-state index in [1.807, 2.05) is 25.1 Å².